The molecule has 1 aromatic carbocycles. The molecule has 0 amide bonds. The Morgan fingerprint density at radius 1 is 1.17 bits per heavy atom. The van der Waals surface area contributed by atoms with Crippen molar-refractivity contribution in [2.45, 2.75) is 5.32 Å². The average Bonchev–Trinajstić information content (AvgIpc) is 2.15. The van der Waals surface area contributed by atoms with Crippen LogP contribution in [-0.4, -0.2) is 15.0 Å². The topological polar surface area (TPSA) is 47.6 Å². The Hall–Kier alpha value is -1.28. The summed E-state index contributed by atoms with van der Waals surface area (Å²) < 4.78 is 0. The van der Waals surface area contributed by atoms with Gasteiger partial charge in [-0.3, -0.25) is 0 Å². The monoisotopic (exact) mass is 222 g/mol. The molecule has 1 rings (SSSR count). The van der Waals surface area contributed by atoms with E-state index in [2.05, 4.69) is 11.0 Å². The molecule has 0 spiro atoms. The third kappa shape index (κ3) is 2.40. The van der Waals surface area contributed by atoms with Crippen LogP contribution in [0.15, 0.2) is 24.3 Å². The molecule has 0 fully saturated rings. The molecule has 0 N–H and O–H groups in total. The predicted octanol–water partition coefficient (Wildman–Crippen LogP) is 1.24. The Balaban J connectivity index is 2.68. The molecule has 0 aliphatic rings. The number of benzene rings is 1. The zero-order chi connectivity index (χ0) is 8.81. The van der Waals surface area contributed by atoms with Gasteiger partial charge in [0.2, 0.25) is 0 Å². The van der Waals surface area contributed by atoms with E-state index in [1.54, 1.807) is 12.1 Å². The molecule has 58 valence electrons. The molecule has 0 saturated heterocycles. The van der Waals surface area contributed by atoms with Crippen molar-refractivity contribution in [1.82, 2.24) is 0 Å². The average molecular weight is 221 g/mol. The quantitative estimate of drug-likeness (QED) is 0.705. The van der Waals surface area contributed by atoms with Crippen molar-refractivity contribution in [2.24, 2.45) is 0 Å². The van der Waals surface area contributed by atoms with Crippen LogP contribution in [0.1, 0.15) is 11.1 Å². The van der Waals surface area contributed by atoms with Gasteiger partial charge in [-0.1, -0.05) is 0 Å². The van der Waals surface area contributed by atoms with Crippen LogP contribution >= 0.6 is 0 Å². The fourth-order valence-corrected chi connectivity index (χ4v) is 1.68. The maximum atomic E-state index is 8.51. The fourth-order valence-electron chi connectivity index (χ4n) is 0.791. The first kappa shape index (κ1) is 8.81. The molecular formula is C9H6N2Se. The molecule has 3 heteroatoms. The molecule has 1 aromatic rings. The first-order valence-electron chi connectivity index (χ1n) is 3.36. The summed E-state index contributed by atoms with van der Waals surface area (Å²) in [5, 5.41) is 17.7. The van der Waals surface area contributed by atoms with Crippen molar-refractivity contribution < 1.29 is 0 Å². The maximum absolute atomic E-state index is 8.51. The second kappa shape index (κ2) is 4.57. The first-order valence-corrected chi connectivity index (χ1v) is 5.43. The van der Waals surface area contributed by atoms with Gasteiger partial charge in [0.05, 0.1) is 0 Å². The molecule has 12 heavy (non-hydrogen) atoms. The molecule has 0 aliphatic carbocycles. The van der Waals surface area contributed by atoms with E-state index in [-0.39, 0.29) is 15.0 Å². The number of hydrogen-bond acceptors (Lipinski definition) is 2. The summed E-state index contributed by atoms with van der Waals surface area (Å²) in [5.74, 6) is 0. The van der Waals surface area contributed by atoms with E-state index in [0.29, 0.717) is 5.56 Å². The van der Waals surface area contributed by atoms with Crippen molar-refractivity contribution in [3.8, 4) is 11.0 Å². The van der Waals surface area contributed by atoms with Gasteiger partial charge in [0.1, 0.15) is 0 Å². The standard InChI is InChI=1S/C9H6N2Se/c10-5-8-1-3-9(4-2-8)6-12-7-11/h1-4H,6H2. The molecule has 0 aromatic heterocycles. The summed E-state index contributed by atoms with van der Waals surface area (Å²) in [6, 6.07) is 9.41. The summed E-state index contributed by atoms with van der Waals surface area (Å²) >= 11 is 0.0359. The number of hydrogen-bond donors (Lipinski definition) is 0. The summed E-state index contributed by atoms with van der Waals surface area (Å²) in [6.45, 7) is 0. The van der Waals surface area contributed by atoms with Gasteiger partial charge < -0.3 is 0 Å². The number of nitriles is 2. The van der Waals surface area contributed by atoms with Gasteiger partial charge in [-0.15, -0.1) is 0 Å². The van der Waals surface area contributed by atoms with Crippen molar-refractivity contribution in [1.29, 1.82) is 10.5 Å². The molecule has 0 saturated carbocycles. The van der Waals surface area contributed by atoms with Gasteiger partial charge >= 0.3 is 77.2 Å². The van der Waals surface area contributed by atoms with Crippen LogP contribution in [0, 0.1) is 21.6 Å². The SMILES string of the molecule is N#C[Se]Cc1ccc(C#N)cc1. The normalized spacial score (nSPS) is 8.50. The predicted molar refractivity (Wildman–Crippen MR) is 46.2 cm³/mol. The van der Waals surface area contributed by atoms with Crippen LogP contribution in [0.2, 0.25) is 0 Å². The molecular weight excluding hydrogens is 215 g/mol. The van der Waals surface area contributed by atoms with Crippen molar-refractivity contribution in [3.63, 3.8) is 0 Å². The van der Waals surface area contributed by atoms with E-state index in [1.807, 2.05) is 12.1 Å². The van der Waals surface area contributed by atoms with Gasteiger partial charge in [-0.25, -0.2) is 0 Å². The molecule has 0 unspecified atom stereocenters. The molecule has 2 nitrogen and oxygen atoms in total. The van der Waals surface area contributed by atoms with E-state index >= 15 is 0 Å². The van der Waals surface area contributed by atoms with Crippen molar-refractivity contribution in [2.75, 3.05) is 0 Å². The summed E-state index contributed by atoms with van der Waals surface area (Å²) in [4.78, 5) is 2.14. The third-order valence-electron chi connectivity index (χ3n) is 1.39. The van der Waals surface area contributed by atoms with E-state index in [0.717, 1.165) is 10.9 Å². The third-order valence-corrected chi connectivity index (χ3v) is 2.66. The van der Waals surface area contributed by atoms with Crippen LogP contribution < -0.4 is 0 Å². The number of rotatable bonds is 2. The zero-order valence-corrected chi connectivity index (χ0v) is 8.03. The van der Waals surface area contributed by atoms with Gasteiger partial charge in [0, 0.05) is 0 Å². The molecule has 0 radical (unpaired) electrons. The van der Waals surface area contributed by atoms with E-state index in [4.69, 9.17) is 10.5 Å². The van der Waals surface area contributed by atoms with E-state index in [9.17, 15) is 0 Å². The Bertz CT molecular complexity index is 329. The van der Waals surface area contributed by atoms with Gasteiger partial charge in [0.25, 0.3) is 0 Å². The van der Waals surface area contributed by atoms with Gasteiger partial charge in [-0.2, -0.15) is 0 Å². The van der Waals surface area contributed by atoms with Crippen molar-refractivity contribution >= 4 is 15.0 Å². The Labute approximate surface area is 77.6 Å². The molecule has 0 bridgehead atoms. The second-order valence-corrected chi connectivity index (χ2v) is 3.78. The molecule has 0 atom stereocenters. The minimum atomic E-state index is 0.0359. The summed E-state index contributed by atoms with van der Waals surface area (Å²) in [6.07, 6.45) is 0. The van der Waals surface area contributed by atoms with Gasteiger partial charge in [-0.05, 0) is 0 Å². The van der Waals surface area contributed by atoms with E-state index in [1.165, 1.54) is 0 Å². The van der Waals surface area contributed by atoms with Crippen LogP contribution in [0.4, 0.5) is 0 Å². The fraction of sp³-hybridized carbons (Fsp3) is 0.111. The minimum absolute atomic E-state index is 0.0359. The van der Waals surface area contributed by atoms with Crippen molar-refractivity contribution in [3.05, 3.63) is 35.4 Å². The number of nitrogens with zero attached hydrogens (tertiary/aromatic N) is 2. The Morgan fingerprint density at radius 2 is 1.83 bits per heavy atom. The van der Waals surface area contributed by atoms with Crippen LogP contribution in [0.5, 0.6) is 0 Å². The van der Waals surface area contributed by atoms with Crippen LogP contribution in [0.3, 0.4) is 0 Å². The first-order chi connectivity index (χ1) is 5.86. The Morgan fingerprint density at radius 3 is 2.33 bits per heavy atom. The molecule has 0 heterocycles. The summed E-state index contributed by atoms with van der Waals surface area (Å²) in [5.41, 5.74) is 1.80. The van der Waals surface area contributed by atoms with E-state index < -0.39 is 0 Å². The molecule has 0 aliphatic heterocycles. The van der Waals surface area contributed by atoms with Crippen LogP contribution in [0.25, 0.3) is 0 Å². The van der Waals surface area contributed by atoms with Gasteiger partial charge in [0.15, 0.2) is 0 Å². The second-order valence-electron chi connectivity index (χ2n) is 2.19. The zero-order valence-electron chi connectivity index (χ0n) is 6.32. The summed E-state index contributed by atoms with van der Waals surface area (Å²) in [7, 11) is 0. The van der Waals surface area contributed by atoms with Crippen LogP contribution in [-0.2, 0) is 5.32 Å². The Kier molecular flexibility index (Phi) is 3.35.